The Bertz CT molecular complexity index is 15.1. The van der Waals surface area contributed by atoms with Gasteiger partial charge in [0.25, 0.3) is 9.03 Å². The Labute approximate surface area is 41.6 Å². The van der Waals surface area contributed by atoms with Crippen molar-refractivity contribution in [2.45, 2.75) is 0 Å². The van der Waals surface area contributed by atoms with Crippen LogP contribution in [0, 0.1) is 0 Å². The Hall–Kier alpha value is 0.930. The molecule has 0 aromatic heterocycles. The Morgan fingerprint density at radius 2 is 1.60 bits per heavy atom. The van der Waals surface area contributed by atoms with Crippen LogP contribution < -0.4 is 0 Å². The van der Waals surface area contributed by atoms with Gasteiger partial charge in [-0.15, -0.1) is 0 Å². The van der Waals surface area contributed by atoms with Crippen LogP contribution in [0.1, 0.15) is 0 Å². The molecule has 31 valence electrons. The van der Waals surface area contributed by atoms with Crippen LogP contribution >= 0.6 is 32.8 Å². The van der Waals surface area contributed by atoms with Crippen molar-refractivity contribution in [2.24, 2.45) is 0 Å². The Morgan fingerprint density at radius 1 is 1.20 bits per heavy atom. The Balaban J connectivity index is 2.19. The van der Waals surface area contributed by atoms with Crippen molar-refractivity contribution in [1.29, 1.82) is 0 Å². The minimum atomic E-state index is 0.111. The molecule has 0 aliphatic carbocycles. The van der Waals surface area contributed by atoms with Gasteiger partial charge in [-0.2, -0.15) is 0 Å². The van der Waals surface area contributed by atoms with Gasteiger partial charge in [0.15, 0.2) is 0 Å². The summed E-state index contributed by atoms with van der Waals surface area (Å²) in [6.45, 7) is 0. The largest absolute Gasteiger partial charge is 0.294 e. The molecule has 0 aromatic rings. The lowest BCUT2D eigenvalue weighted by Gasteiger charge is -1.75. The smallest absolute Gasteiger partial charge is 0.215 e. The van der Waals surface area contributed by atoms with Gasteiger partial charge in [-0.25, -0.2) is 8.15 Å². The first-order valence-electron chi connectivity index (χ1n) is 0.674. The minimum Gasteiger partial charge on any atom is -0.215 e. The van der Waals surface area contributed by atoms with Crippen LogP contribution in [0.15, 0.2) is 0 Å². The topological polar surface area (TPSA) is 18.5 Å². The van der Waals surface area contributed by atoms with Gasteiger partial charge in [-0.3, -0.25) is 0 Å². The van der Waals surface area contributed by atoms with Crippen LogP contribution in [0.4, 0.5) is 0 Å². The first-order valence-corrected chi connectivity index (χ1v) is 2.02. The lowest BCUT2D eigenvalue weighted by Crippen LogP contribution is -1.42. The summed E-state index contributed by atoms with van der Waals surface area (Å²) in [4.78, 5) is 0. The van der Waals surface area contributed by atoms with Gasteiger partial charge in [0.05, 0.1) is 23.7 Å². The Morgan fingerprint density at radius 3 is 1.60 bits per heavy atom. The maximum Gasteiger partial charge on any atom is 0.294 e. The normalized spacial score (nSPS) is 8.40. The van der Waals surface area contributed by atoms with E-state index in [1.54, 1.807) is 0 Å². The summed E-state index contributed by atoms with van der Waals surface area (Å²) < 4.78 is 7.56. The van der Waals surface area contributed by atoms with Crippen molar-refractivity contribution in [3.8, 4) is 0 Å². The maximum absolute atomic E-state index is 4.58. The van der Waals surface area contributed by atoms with Gasteiger partial charge in [-0.05, 0) is 0 Å². The summed E-state index contributed by atoms with van der Waals surface area (Å²) >= 11 is 9.16. The predicted octanol–water partition coefficient (Wildman–Crippen LogP) is 2.10. The van der Waals surface area contributed by atoms with E-state index in [1.807, 2.05) is 0 Å². The third-order valence-electron chi connectivity index (χ3n) is 0.0563. The minimum absolute atomic E-state index is 0.111. The van der Waals surface area contributed by atoms with Gasteiger partial charge >= 0.3 is 0 Å². The van der Waals surface area contributed by atoms with E-state index in [4.69, 9.17) is 0 Å². The van der Waals surface area contributed by atoms with E-state index in [-0.39, 0.29) is 9.03 Å². The molecule has 0 atom stereocenters. The molecule has 0 aromatic carbocycles. The molecule has 5 heteroatoms. The molecule has 0 N–H and O–H groups in total. The molecule has 0 saturated heterocycles. The molecular weight excluding hydrogens is 134 g/mol. The van der Waals surface area contributed by atoms with Crippen LogP contribution in [0.3, 0.4) is 0 Å². The molecule has 0 bridgehead atoms. The summed E-state index contributed by atoms with van der Waals surface area (Å²) in [5.41, 5.74) is 0. The van der Waals surface area contributed by atoms with Gasteiger partial charge in [0.1, 0.15) is 0 Å². The van der Waals surface area contributed by atoms with E-state index in [2.05, 4.69) is 31.9 Å². The molecule has 0 aliphatic rings. The highest BCUT2D eigenvalue weighted by atomic mass is 35.5. The van der Waals surface area contributed by atoms with E-state index in [9.17, 15) is 0 Å². The standard InChI is InChI=1S/Cl2O2P/c1-3-5-4-2. The monoisotopic (exact) mass is 133 g/mol. The van der Waals surface area contributed by atoms with E-state index >= 15 is 0 Å². The fourth-order valence-corrected chi connectivity index (χ4v) is 0.287. The summed E-state index contributed by atoms with van der Waals surface area (Å²) in [5.74, 6) is 0. The van der Waals surface area contributed by atoms with Crippen LogP contribution in [-0.4, -0.2) is 0 Å². The number of rotatable bonds is 2. The summed E-state index contributed by atoms with van der Waals surface area (Å²) in [5, 5.41) is 0. The average Bonchev–Trinajstić information content (AvgIpc) is 1.41. The summed E-state index contributed by atoms with van der Waals surface area (Å²) in [6.07, 6.45) is 0. The quantitative estimate of drug-likeness (QED) is 0.538. The van der Waals surface area contributed by atoms with Crippen LogP contribution in [0.25, 0.3) is 0 Å². The third kappa shape index (κ3) is 4.93. The number of hydrogen-bond donors (Lipinski definition) is 0. The van der Waals surface area contributed by atoms with Gasteiger partial charge in [0.2, 0.25) is 0 Å². The molecule has 2 nitrogen and oxygen atoms in total. The third-order valence-corrected chi connectivity index (χ3v) is 0.507. The predicted molar refractivity (Wildman–Crippen MR) is 20.8 cm³/mol. The van der Waals surface area contributed by atoms with Crippen LogP contribution in [0.5, 0.6) is 0 Å². The second-order valence-electron chi connectivity index (χ2n) is 0.213. The first kappa shape index (κ1) is 5.93. The van der Waals surface area contributed by atoms with Gasteiger partial charge in [0, 0.05) is 0 Å². The molecular formula is Cl2O2P. The van der Waals surface area contributed by atoms with Crippen molar-refractivity contribution in [1.82, 2.24) is 0 Å². The Kier molecular flexibility index (Phi) is 5.85. The highest BCUT2D eigenvalue weighted by Crippen LogP contribution is 2.16. The van der Waals surface area contributed by atoms with Crippen molar-refractivity contribution in [3.63, 3.8) is 0 Å². The van der Waals surface area contributed by atoms with E-state index < -0.39 is 0 Å². The average molecular weight is 134 g/mol. The fraction of sp³-hybridized carbons (Fsp3) is 0. The van der Waals surface area contributed by atoms with Crippen LogP contribution in [0.2, 0.25) is 0 Å². The number of halogens is 2. The second-order valence-corrected chi connectivity index (χ2v) is 1.47. The molecule has 0 rings (SSSR count). The van der Waals surface area contributed by atoms with Crippen molar-refractivity contribution in [3.05, 3.63) is 0 Å². The van der Waals surface area contributed by atoms with Gasteiger partial charge in [-0.1, -0.05) is 0 Å². The molecule has 0 heterocycles. The highest BCUT2D eigenvalue weighted by Gasteiger charge is 1.75. The zero-order valence-corrected chi connectivity index (χ0v) is 4.43. The SMILES string of the molecule is ClO[P]OCl. The number of hydrogen-bond acceptors (Lipinski definition) is 2. The van der Waals surface area contributed by atoms with Crippen molar-refractivity contribution in [2.75, 3.05) is 0 Å². The second kappa shape index (κ2) is 4.93. The lowest BCUT2D eigenvalue weighted by molar-refractivity contribution is 0.581. The molecule has 0 fully saturated rings. The van der Waals surface area contributed by atoms with Gasteiger partial charge < -0.3 is 0 Å². The zero-order chi connectivity index (χ0) is 4.12. The van der Waals surface area contributed by atoms with Crippen molar-refractivity contribution >= 4 is 32.8 Å². The zero-order valence-electron chi connectivity index (χ0n) is 2.02. The lowest BCUT2D eigenvalue weighted by atomic mass is 15.8. The molecule has 0 spiro atoms. The van der Waals surface area contributed by atoms with E-state index in [0.717, 1.165) is 0 Å². The molecule has 0 amide bonds. The van der Waals surface area contributed by atoms with Crippen molar-refractivity contribution < 1.29 is 8.15 Å². The molecule has 5 heavy (non-hydrogen) atoms. The van der Waals surface area contributed by atoms with E-state index in [1.165, 1.54) is 0 Å². The maximum atomic E-state index is 4.58. The van der Waals surface area contributed by atoms with Crippen LogP contribution in [-0.2, 0) is 8.15 Å². The highest BCUT2D eigenvalue weighted by molar-refractivity contribution is 7.28. The molecule has 0 saturated carbocycles. The molecule has 0 aliphatic heterocycles. The summed E-state index contributed by atoms with van der Waals surface area (Å²) in [7, 11) is 0.111. The van der Waals surface area contributed by atoms with E-state index in [0.29, 0.717) is 0 Å². The summed E-state index contributed by atoms with van der Waals surface area (Å²) in [6, 6.07) is 0. The first-order chi connectivity index (χ1) is 2.41. The fourth-order valence-electron chi connectivity index (χ4n) is 0.0106. The molecule has 1 radical (unpaired) electrons. The molecule has 0 unspecified atom stereocenters.